The maximum atomic E-state index is 13.7. The molecule has 2 aliphatic rings. The molecule has 0 saturated carbocycles. The van der Waals surface area contributed by atoms with Crippen LogP contribution in [0.1, 0.15) is 75.3 Å². The summed E-state index contributed by atoms with van der Waals surface area (Å²) >= 11 is 1.23. The van der Waals surface area contributed by atoms with E-state index in [1.165, 1.54) is 36.0 Å². The van der Waals surface area contributed by atoms with Crippen molar-refractivity contribution in [1.82, 2.24) is 4.90 Å². The van der Waals surface area contributed by atoms with Gasteiger partial charge in [0.05, 0.1) is 18.2 Å². The lowest BCUT2D eigenvalue weighted by Crippen LogP contribution is -2.48. The number of fused-ring (bicyclic) bond motifs is 2. The summed E-state index contributed by atoms with van der Waals surface area (Å²) < 4.78 is 5.09. The number of carbonyl (C=O) groups excluding carboxylic acids is 4. The summed E-state index contributed by atoms with van der Waals surface area (Å²) in [5.41, 5.74) is 5.05. The van der Waals surface area contributed by atoms with Crippen LogP contribution in [0.3, 0.4) is 0 Å². The Kier molecular flexibility index (Phi) is 7.17. The summed E-state index contributed by atoms with van der Waals surface area (Å²) in [5.74, 6) is -2.02. The number of aryl methyl sites for hydroxylation is 2. The van der Waals surface area contributed by atoms with Crippen molar-refractivity contribution >= 4 is 40.0 Å². The Morgan fingerprint density at radius 3 is 2.26 bits per heavy atom. The van der Waals surface area contributed by atoms with Crippen LogP contribution in [0, 0.1) is 5.92 Å². The van der Waals surface area contributed by atoms with Crippen molar-refractivity contribution in [1.29, 1.82) is 0 Å². The molecule has 1 aliphatic heterocycles. The highest BCUT2D eigenvalue weighted by Crippen LogP contribution is 2.38. The van der Waals surface area contributed by atoms with Crippen LogP contribution < -0.4 is 5.32 Å². The third kappa shape index (κ3) is 4.65. The molecule has 2 aromatic carbocycles. The quantitative estimate of drug-likeness (QED) is 0.311. The Hall–Kier alpha value is -3.78. The molecule has 2 heterocycles. The highest BCUT2D eigenvalue weighted by atomic mass is 32.1. The molecular formula is C30H30N2O5S. The number of carbonyl (C=O) groups is 4. The first kappa shape index (κ1) is 25.9. The maximum absolute atomic E-state index is 13.7. The van der Waals surface area contributed by atoms with E-state index in [-0.39, 0.29) is 17.9 Å². The van der Waals surface area contributed by atoms with Crippen LogP contribution in [0.15, 0.2) is 47.8 Å². The van der Waals surface area contributed by atoms with Crippen LogP contribution in [0.5, 0.6) is 0 Å². The lowest BCUT2D eigenvalue weighted by Gasteiger charge is -2.26. The van der Waals surface area contributed by atoms with Gasteiger partial charge in [-0.25, -0.2) is 4.79 Å². The van der Waals surface area contributed by atoms with Gasteiger partial charge in [0.15, 0.2) is 0 Å². The summed E-state index contributed by atoms with van der Waals surface area (Å²) in [6.45, 7) is 3.86. The Balaban J connectivity index is 1.48. The number of nitrogens with zero attached hydrogens (tertiary/aromatic N) is 1. The predicted octanol–water partition coefficient (Wildman–Crippen LogP) is 5.73. The fourth-order valence-electron chi connectivity index (χ4n) is 5.33. The molecule has 3 aromatic rings. The molecule has 0 saturated heterocycles. The average Bonchev–Trinajstić information content (AvgIpc) is 3.45. The lowest BCUT2D eigenvalue weighted by molar-refractivity contribution is -0.120. The molecule has 5 rings (SSSR count). The number of esters is 1. The average molecular weight is 531 g/mol. The van der Waals surface area contributed by atoms with Crippen molar-refractivity contribution in [2.45, 2.75) is 52.0 Å². The van der Waals surface area contributed by atoms with Crippen molar-refractivity contribution in [2.24, 2.45) is 5.92 Å². The van der Waals surface area contributed by atoms with Crippen molar-refractivity contribution in [3.8, 4) is 11.1 Å². The van der Waals surface area contributed by atoms with E-state index in [4.69, 9.17) is 4.74 Å². The van der Waals surface area contributed by atoms with Gasteiger partial charge in [-0.15, -0.1) is 11.3 Å². The standard InChI is InChI=1S/C30H30N2O5S/c1-17(2)14-24(32-28(34)21-10-6-7-11-22(21)29(32)35)26(33)31-27-25(30(36)37-3)23(16-38-27)20-13-12-18-8-4-5-9-19(18)15-20/h6-7,10-13,15-17,24H,4-5,8-9,14H2,1-3H3,(H,31,33)/t24-/m1/s1. The number of ether oxygens (including phenoxy) is 1. The molecule has 0 bridgehead atoms. The Morgan fingerprint density at radius 2 is 1.63 bits per heavy atom. The minimum absolute atomic E-state index is 0.0320. The molecule has 1 aliphatic carbocycles. The zero-order valence-corrected chi connectivity index (χ0v) is 22.5. The molecule has 3 amide bonds. The minimum Gasteiger partial charge on any atom is -0.465 e. The highest BCUT2D eigenvalue weighted by Gasteiger charge is 2.43. The van der Waals surface area contributed by atoms with E-state index in [9.17, 15) is 19.2 Å². The normalized spacial score (nSPS) is 15.3. The lowest BCUT2D eigenvalue weighted by atomic mass is 9.89. The van der Waals surface area contributed by atoms with Gasteiger partial charge in [0.1, 0.15) is 16.6 Å². The number of benzene rings is 2. The third-order valence-electron chi connectivity index (χ3n) is 7.21. The van der Waals surface area contributed by atoms with Gasteiger partial charge < -0.3 is 10.1 Å². The molecule has 38 heavy (non-hydrogen) atoms. The summed E-state index contributed by atoms with van der Waals surface area (Å²) in [7, 11) is 1.31. The first-order chi connectivity index (χ1) is 18.3. The summed E-state index contributed by atoms with van der Waals surface area (Å²) in [4.78, 5) is 54.0. The molecule has 196 valence electrons. The number of thiophene rings is 1. The zero-order valence-electron chi connectivity index (χ0n) is 21.7. The van der Waals surface area contributed by atoms with Crippen molar-refractivity contribution < 1.29 is 23.9 Å². The van der Waals surface area contributed by atoms with Crippen molar-refractivity contribution in [3.63, 3.8) is 0 Å². The van der Waals surface area contributed by atoms with Crippen molar-refractivity contribution in [3.05, 3.63) is 75.7 Å². The van der Waals surface area contributed by atoms with Gasteiger partial charge in [-0.1, -0.05) is 44.2 Å². The van der Waals surface area contributed by atoms with Gasteiger partial charge in [0, 0.05) is 10.9 Å². The molecule has 1 aromatic heterocycles. The molecule has 0 fully saturated rings. The van der Waals surface area contributed by atoms with Gasteiger partial charge in [0.2, 0.25) is 5.91 Å². The van der Waals surface area contributed by atoms with Crippen LogP contribution >= 0.6 is 11.3 Å². The Bertz CT molecular complexity index is 1410. The number of hydrogen-bond acceptors (Lipinski definition) is 6. The topological polar surface area (TPSA) is 92.8 Å². The first-order valence-corrected chi connectivity index (χ1v) is 13.8. The number of rotatable bonds is 7. The predicted molar refractivity (Wildman–Crippen MR) is 147 cm³/mol. The van der Waals surface area contributed by atoms with E-state index >= 15 is 0 Å². The Morgan fingerprint density at radius 1 is 0.974 bits per heavy atom. The van der Waals surface area contributed by atoms with Crippen LogP contribution in [0.2, 0.25) is 0 Å². The second kappa shape index (κ2) is 10.5. The summed E-state index contributed by atoms with van der Waals surface area (Å²) in [6.07, 6.45) is 4.66. The summed E-state index contributed by atoms with van der Waals surface area (Å²) in [5, 5.41) is 5.03. The third-order valence-corrected chi connectivity index (χ3v) is 8.11. The SMILES string of the molecule is COC(=O)c1c(-c2ccc3c(c2)CCCC3)csc1NC(=O)[C@@H](CC(C)C)N1C(=O)c2ccccc2C1=O. The largest absolute Gasteiger partial charge is 0.465 e. The number of nitrogens with one attached hydrogen (secondary N) is 1. The molecule has 8 heteroatoms. The van der Waals surface area contributed by atoms with E-state index in [0.717, 1.165) is 29.7 Å². The Labute approximate surface area is 225 Å². The van der Waals surface area contributed by atoms with E-state index in [2.05, 4.69) is 17.4 Å². The van der Waals surface area contributed by atoms with Gasteiger partial charge in [0.25, 0.3) is 11.8 Å². The van der Waals surface area contributed by atoms with Crippen LogP contribution in [-0.2, 0) is 22.4 Å². The zero-order chi connectivity index (χ0) is 27.0. The van der Waals surface area contributed by atoms with E-state index in [1.807, 2.05) is 25.3 Å². The molecular weight excluding hydrogens is 500 g/mol. The van der Waals surface area contributed by atoms with E-state index in [1.54, 1.807) is 24.3 Å². The molecule has 7 nitrogen and oxygen atoms in total. The molecule has 1 N–H and O–H groups in total. The second-order valence-corrected chi connectivity index (χ2v) is 11.1. The van der Waals surface area contributed by atoms with E-state index in [0.29, 0.717) is 21.7 Å². The minimum atomic E-state index is -1.03. The van der Waals surface area contributed by atoms with Crippen LogP contribution in [0.25, 0.3) is 11.1 Å². The molecule has 0 unspecified atom stereocenters. The molecule has 0 radical (unpaired) electrons. The molecule has 0 spiro atoms. The fraction of sp³-hybridized carbons (Fsp3) is 0.333. The molecule has 1 atom stereocenters. The van der Waals surface area contributed by atoms with Gasteiger partial charge >= 0.3 is 5.97 Å². The maximum Gasteiger partial charge on any atom is 0.341 e. The number of hydrogen-bond donors (Lipinski definition) is 1. The van der Waals surface area contributed by atoms with Gasteiger partial charge in [-0.2, -0.15) is 0 Å². The van der Waals surface area contributed by atoms with Gasteiger partial charge in [-0.3, -0.25) is 19.3 Å². The van der Waals surface area contributed by atoms with Crippen molar-refractivity contribution in [2.75, 3.05) is 12.4 Å². The second-order valence-electron chi connectivity index (χ2n) is 10.2. The van der Waals surface area contributed by atoms with Crippen LogP contribution in [-0.4, -0.2) is 41.7 Å². The van der Waals surface area contributed by atoms with Gasteiger partial charge in [-0.05, 0) is 66.8 Å². The number of amides is 3. The number of imide groups is 1. The first-order valence-electron chi connectivity index (χ1n) is 12.9. The highest BCUT2D eigenvalue weighted by molar-refractivity contribution is 7.15. The number of methoxy groups -OCH3 is 1. The van der Waals surface area contributed by atoms with E-state index < -0.39 is 29.7 Å². The fourth-order valence-corrected chi connectivity index (χ4v) is 6.29. The monoisotopic (exact) mass is 530 g/mol. The van der Waals surface area contributed by atoms with Crippen LogP contribution in [0.4, 0.5) is 5.00 Å². The smallest absolute Gasteiger partial charge is 0.341 e. The number of anilines is 1. The summed E-state index contributed by atoms with van der Waals surface area (Å²) in [6, 6.07) is 11.8.